The molecule has 272 valence electrons. The number of fused-ring (bicyclic) bond motifs is 5. The van der Waals surface area contributed by atoms with Crippen LogP contribution < -0.4 is 4.90 Å². The maximum atomic E-state index is 2.48. The van der Waals surface area contributed by atoms with Crippen LogP contribution in [0.25, 0.3) is 82.4 Å². The van der Waals surface area contributed by atoms with E-state index in [-0.39, 0.29) is 0 Å². The number of aromatic nitrogens is 1. The van der Waals surface area contributed by atoms with Crippen molar-refractivity contribution in [3.05, 3.63) is 231 Å². The van der Waals surface area contributed by atoms with Crippen LogP contribution in [0.15, 0.2) is 231 Å². The van der Waals surface area contributed by atoms with Gasteiger partial charge in [0.15, 0.2) is 0 Å². The molecule has 0 amide bonds. The molecule has 10 aromatic carbocycles. The first-order chi connectivity index (χ1) is 28.8. The average molecular weight is 739 g/mol. The lowest BCUT2D eigenvalue weighted by Gasteiger charge is -2.29. The van der Waals surface area contributed by atoms with E-state index in [0.717, 1.165) is 28.3 Å². The quantitative estimate of drug-likeness (QED) is 0.158. The third-order valence-corrected chi connectivity index (χ3v) is 11.6. The molecule has 0 saturated carbocycles. The highest BCUT2D eigenvalue weighted by Crippen LogP contribution is 2.48. The standard InChI is InChI=1S/C56H38N2/c1-3-17-40(18-4-1)47-29-14-21-42-22-15-30-49(55(42)47)48-26-9-11-31-51(48)58(44-37-35-41(36-38-44)46-28-13-20-39-19-7-8-25-45(39)46)54-34-16-33-53-56(54)50-27-10-12-32-52(50)57(53)43-23-5-2-6-24-43/h1-38H. The van der Waals surface area contributed by atoms with Gasteiger partial charge in [0.05, 0.1) is 22.4 Å². The number of hydrogen-bond donors (Lipinski definition) is 0. The van der Waals surface area contributed by atoms with Crippen LogP contribution in [-0.4, -0.2) is 4.57 Å². The number of anilines is 3. The van der Waals surface area contributed by atoms with Crippen LogP contribution in [0.4, 0.5) is 17.1 Å². The van der Waals surface area contributed by atoms with E-state index in [9.17, 15) is 0 Å². The normalized spacial score (nSPS) is 11.4. The molecule has 1 aromatic heterocycles. The van der Waals surface area contributed by atoms with Crippen LogP contribution in [0.5, 0.6) is 0 Å². The largest absolute Gasteiger partial charge is 0.309 e. The summed E-state index contributed by atoms with van der Waals surface area (Å²) in [6, 6.07) is 83.7. The summed E-state index contributed by atoms with van der Waals surface area (Å²) in [6.45, 7) is 0. The second kappa shape index (κ2) is 14.1. The lowest BCUT2D eigenvalue weighted by atomic mass is 9.90. The summed E-state index contributed by atoms with van der Waals surface area (Å²) < 4.78 is 2.40. The molecule has 0 spiro atoms. The molecule has 11 rings (SSSR count). The minimum atomic E-state index is 1.09. The predicted molar refractivity (Wildman–Crippen MR) is 247 cm³/mol. The number of nitrogens with zero attached hydrogens (tertiary/aromatic N) is 2. The van der Waals surface area contributed by atoms with Gasteiger partial charge in [0.1, 0.15) is 0 Å². The molecule has 0 aliphatic heterocycles. The second-order valence-corrected chi connectivity index (χ2v) is 14.9. The minimum Gasteiger partial charge on any atom is -0.309 e. The first-order valence-electron chi connectivity index (χ1n) is 19.9. The van der Waals surface area contributed by atoms with Crippen LogP contribution >= 0.6 is 0 Å². The Labute approximate surface area is 338 Å². The lowest BCUT2D eigenvalue weighted by molar-refractivity contribution is 1.18. The molecule has 1 heterocycles. The van der Waals surface area contributed by atoms with Gasteiger partial charge in [-0.1, -0.05) is 182 Å². The zero-order valence-electron chi connectivity index (χ0n) is 31.8. The zero-order chi connectivity index (χ0) is 38.4. The summed E-state index contributed by atoms with van der Waals surface area (Å²) in [5.41, 5.74) is 14.0. The molecule has 58 heavy (non-hydrogen) atoms. The molecule has 0 radical (unpaired) electrons. The smallest absolute Gasteiger partial charge is 0.0562 e. The predicted octanol–water partition coefficient (Wildman–Crippen LogP) is 15.6. The Balaban J connectivity index is 1.19. The van der Waals surface area contributed by atoms with E-state index in [1.54, 1.807) is 0 Å². The monoisotopic (exact) mass is 738 g/mol. The Morgan fingerprint density at radius 3 is 1.64 bits per heavy atom. The van der Waals surface area contributed by atoms with Crippen molar-refractivity contribution in [3.8, 4) is 39.1 Å². The van der Waals surface area contributed by atoms with Crippen molar-refractivity contribution in [2.24, 2.45) is 0 Å². The van der Waals surface area contributed by atoms with Gasteiger partial charge in [-0.3, -0.25) is 0 Å². The molecular formula is C56H38N2. The number of para-hydroxylation sites is 3. The van der Waals surface area contributed by atoms with Gasteiger partial charge in [0.25, 0.3) is 0 Å². The topological polar surface area (TPSA) is 8.17 Å². The van der Waals surface area contributed by atoms with Gasteiger partial charge in [-0.2, -0.15) is 0 Å². The van der Waals surface area contributed by atoms with E-state index < -0.39 is 0 Å². The Hall–Kier alpha value is -7.68. The maximum Gasteiger partial charge on any atom is 0.0562 e. The molecule has 0 aliphatic rings. The fraction of sp³-hybridized carbons (Fsp3) is 0. The molecule has 0 N–H and O–H groups in total. The molecule has 2 nitrogen and oxygen atoms in total. The molecule has 0 fully saturated rings. The summed E-state index contributed by atoms with van der Waals surface area (Å²) in [4.78, 5) is 2.48. The van der Waals surface area contributed by atoms with Crippen molar-refractivity contribution >= 4 is 60.4 Å². The minimum absolute atomic E-state index is 1.09. The van der Waals surface area contributed by atoms with Crippen molar-refractivity contribution in [3.63, 3.8) is 0 Å². The van der Waals surface area contributed by atoms with Crippen molar-refractivity contribution in [1.29, 1.82) is 0 Å². The highest BCUT2D eigenvalue weighted by Gasteiger charge is 2.24. The van der Waals surface area contributed by atoms with Crippen LogP contribution in [0.1, 0.15) is 0 Å². The van der Waals surface area contributed by atoms with E-state index >= 15 is 0 Å². The van der Waals surface area contributed by atoms with Crippen molar-refractivity contribution in [2.75, 3.05) is 4.90 Å². The highest BCUT2D eigenvalue weighted by molar-refractivity contribution is 6.17. The van der Waals surface area contributed by atoms with Gasteiger partial charge in [0, 0.05) is 27.7 Å². The molecule has 0 atom stereocenters. The molecule has 0 bridgehead atoms. The molecule has 0 unspecified atom stereocenters. The van der Waals surface area contributed by atoms with E-state index in [1.807, 2.05) is 0 Å². The first-order valence-corrected chi connectivity index (χ1v) is 19.9. The van der Waals surface area contributed by atoms with E-state index in [4.69, 9.17) is 0 Å². The Kier molecular flexibility index (Phi) is 8.19. The number of rotatable bonds is 7. The molecule has 0 aliphatic carbocycles. The second-order valence-electron chi connectivity index (χ2n) is 14.9. The van der Waals surface area contributed by atoms with Crippen LogP contribution in [0, 0.1) is 0 Å². The van der Waals surface area contributed by atoms with Gasteiger partial charge < -0.3 is 9.47 Å². The van der Waals surface area contributed by atoms with Gasteiger partial charge in [-0.05, 0) is 97.9 Å². The fourth-order valence-corrected chi connectivity index (χ4v) is 9.04. The zero-order valence-corrected chi connectivity index (χ0v) is 31.8. The Bertz CT molecular complexity index is 3260. The van der Waals surface area contributed by atoms with Crippen LogP contribution in [0.3, 0.4) is 0 Å². The summed E-state index contributed by atoms with van der Waals surface area (Å²) in [6.07, 6.45) is 0. The summed E-state index contributed by atoms with van der Waals surface area (Å²) in [5.74, 6) is 0. The van der Waals surface area contributed by atoms with Crippen molar-refractivity contribution in [1.82, 2.24) is 4.57 Å². The maximum absolute atomic E-state index is 2.48. The fourth-order valence-electron chi connectivity index (χ4n) is 9.04. The summed E-state index contributed by atoms with van der Waals surface area (Å²) in [7, 11) is 0. The van der Waals surface area contributed by atoms with Gasteiger partial charge in [0.2, 0.25) is 0 Å². The first kappa shape index (κ1) is 33.6. The molecule has 2 heteroatoms. The highest BCUT2D eigenvalue weighted by atomic mass is 15.2. The number of hydrogen-bond acceptors (Lipinski definition) is 1. The van der Waals surface area contributed by atoms with Gasteiger partial charge in [-0.25, -0.2) is 0 Å². The van der Waals surface area contributed by atoms with Crippen molar-refractivity contribution < 1.29 is 0 Å². The number of benzene rings is 10. The average Bonchev–Trinajstić information content (AvgIpc) is 3.65. The Morgan fingerprint density at radius 1 is 0.293 bits per heavy atom. The summed E-state index contributed by atoms with van der Waals surface area (Å²) in [5, 5.41) is 7.37. The van der Waals surface area contributed by atoms with E-state index in [1.165, 1.54) is 71.2 Å². The van der Waals surface area contributed by atoms with Crippen LogP contribution in [0.2, 0.25) is 0 Å². The molecular weight excluding hydrogens is 701 g/mol. The Morgan fingerprint density at radius 2 is 0.828 bits per heavy atom. The SMILES string of the molecule is c1ccc(-c2cccc3cccc(-c4ccccc4N(c4ccc(-c5cccc6ccccc56)cc4)c4cccc5c4c4ccccc4n5-c4ccccc4)c23)cc1. The third kappa shape index (κ3) is 5.57. The third-order valence-electron chi connectivity index (χ3n) is 11.6. The van der Waals surface area contributed by atoms with Gasteiger partial charge in [-0.15, -0.1) is 0 Å². The lowest BCUT2D eigenvalue weighted by Crippen LogP contribution is -2.12. The summed E-state index contributed by atoms with van der Waals surface area (Å²) >= 11 is 0. The molecule has 0 saturated heterocycles. The van der Waals surface area contributed by atoms with Crippen molar-refractivity contribution in [2.45, 2.75) is 0 Å². The van der Waals surface area contributed by atoms with Crippen LogP contribution in [-0.2, 0) is 0 Å². The van der Waals surface area contributed by atoms with E-state index in [2.05, 4.69) is 240 Å². The molecule has 11 aromatic rings. The van der Waals surface area contributed by atoms with Gasteiger partial charge >= 0.3 is 0 Å². The van der Waals surface area contributed by atoms with E-state index in [0.29, 0.717) is 0 Å².